The number of hydrogen-bond donors (Lipinski definition) is 1. The first-order valence-electron chi connectivity index (χ1n) is 9.67. The van der Waals surface area contributed by atoms with Crippen molar-refractivity contribution in [3.05, 3.63) is 93.6 Å². The van der Waals surface area contributed by atoms with Crippen molar-refractivity contribution in [2.75, 3.05) is 0 Å². The van der Waals surface area contributed by atoms with E-state index in [0.717, 1.165) is 23.2 Å². The fraction of sp³-hybridized carbons (Fsp3) is 0.292. The van der Waals surface area contributed by atoms with E-state index in [4.69, 9.17) is 0 Å². The summed E-state index contributed by atoms with van der Waals surface area (Å²) in [5, 5.41) is 2.99. The predicted molar refractivity (Wildman–Crippen MR) is 111 cm³/mol. The van der Waals surface area contributed by atoms with E-state index in [2.05, 4.69) is 54.9 Å². The van der Waals surface area contributed by atoms with Crippen LogP contribution in [-0.2, 0) is 19.5 Å². The third-order valence-corrected chi connectivity index (χ3v) is 5.32. The Morgan fingerprint density at radius 3 is 2.18 bits per heavy atom. The number of nitrogens with zero attached hydrogens (tertiary/aromatic N) is 1. The van der Waals surface area contributed by atoms with E-state index in [-0.39, 0.29) is 11.7 Å². The van der Waals surface area contributed by atoms with Crippen LogP contribution in [0, 0.1) is 26.6 Å². The van der Waals surface area contributed by atoms with E-state index >= 15 is 0 Å². The molecule has 3 aromatic rings. The van der Waals surface area contributed by atoms with Gasteiger partial charge in [0.05, 0.1) is 0 Å². The fourth-order valence-electron chi connectivity index (χ4n) is 3.70. The highest BCUT2D eigenvalue weighted by Gasteiger charge is 2.21. The second-order valence-electron chi connectivity index (χ2n) is 7.27. The van der Waals surface area contributed by atoms with Crippen LogP contribution < -0.4 is 5.32 Å². The Morgan fingerprint density at radius 2 is 1.57 bits per heavy atom. The molecule has 0 fully saturated rings. The molecule has 3 nitrogen and oxygen atoms in total. The average Bonchev–Trinajstić information content (AvgIpc) is 2.92. The van der Waals surface area contributed by atoms with E-state index in [0.29, 0.717) is 18.8 Å². The number of benzene rings is 2. The zero-order valence-electron chi connectivity index (χ0n) is 17.0. The van der Waals surface area contributed by atoms with Gasteiger partial charge in [-0.15, -0.1) is 0 Å². The van der Waals surface area contributed by atoms with Gasteiger partial charge < -0.3 is 9.88 Å². The van der Waals surface area contributed by atoms with Crippen LogP contribution in [0.2, 0.25) is 0 Å². The van der Waals surface area contributed by atoms with Gasteiger partial charge in [-0.3, -0.25) is 4.79 Å². The summed E-state index contributed by atoms with van der Waals surface area (Å²) in [6.45, 7) is 9.31. The van der Waals surface area contributed by atoms with Gasteiger partial charge in [0.1, 0.15) is 11.5 Å². The van der Waals surface area contributed by atoms with Crippen LogP contribution in [-0.4, -0.2) is 10.5 Å². The summed E-state index contributed by atoms with van der Waals surface area (Å²) in [5.74, 6) is -0.377. The molecule has 4 heteroatoms. The van der Waals surface area contributed by atoms with Gasteiger partial charge in [-0.25, -0.2) is 4.39 Å². The van der Waals surface area contributed by atoms with Gasteiger partial charge in [0, 0.05) is 18.8 Å². The van der Waals surface area contributed by atoms with Gasteiger partial charge in [-0.2, -0.15) is 0 Å². The van der Waals surface area contributed by atoms with Gasteiger partial charge in [0.25, 0.3) is 5.91 Å². The summed E-state index contributed by atoms with van der Waals surface area (Å²) in [5.41, 5.74) is 7.35. The third-order valence-electron chi connectivity index (χ3n) is 5.32. The summed E-state index contributed by atoms with van der Waals surface area (Å²) in [7, 11) is 0. The summed E-state index contributed by atoms with van der Waals surface area (Å²) in [6, 6.07) is 14.6. The van der Waals surface area contributed by atoms with Crippen molar-refractivity contribution in [2.45, 2.75) is 47.2 Å². The Morgan fingerprint density at radius 1 is 0.964 bits per heavy atom. The molecule has 0 aliphatic carbocycles. The molecule has 0 aliphatic heterocycles. The van der Waals surface area contributed by atoms with Gasteiger partial charge >= 0.3 is 0 Å². The zero-order valence-corrected chi connectivity index (χ0v) is 17.0. The Bertz CT molecular complexity index is 969. The van der Waals surface area contributed by atoms with E-state index < -0.39 is 0 Å². The van der Waals surface area contributed by atoms with Gasteiger partial charge in [0.2, 0.25) is 0 Å². The molecule has 1 aromatic heterocycles. The van der Waals surface area contributed by atoms with Crippen molar-refractivity contribution in [1.82, 2.24) is 9.88 Å². The zero-order chi connectivity index (χ0) is 20.3. The highest BCUT2D eigenvalue weighted by atomic mass is 19.1. The quantitative estimate of drug-likeness (QED) is 0.637. The molecule has 0 atom stereocenters. The molecule has 0 radical (unpaired) electrons. The van der Waals surface area contributed by atoms with Crippen molar-refractivity contribution in [3.8, 4) is 0 Å². The van der Waals surface area contributed by atoms with Crippen LogP contribution in [0.5, 0.6) is 0 Å². The monoisotopic (exact) mass is 378 g/mol. The van der Waals surface area contributed by atoms with Crippen LogP contribution in [0.25, 0.3) is 0 Å². The number of rotatable bonds is 6. The molecular weight excluding hydrogens is 351 g/mol. The molecule has 146 valence electrons. The molecule has 0 bridgehead atoms. The Kier molecular flexibility index (Phi) is 5.98. The van der Waals surface area contributed by atoms with Gasteiger partial charge in [-0.05, 0) is 61.6 Å². The van der Waals surface area contributed by atoms with Crippen LogP contribution in [0.4, 0.5) is 4.39 Å². The fourth-order valence-corrected chi connectivity index (χ4v) is 3.70. The largest absolute Gasteiger partial charge is 0.347 e. The number of carbonyl (C=O) groups excluding carboxylic acids is 1. The highest BCUT2D eigenvalue weighted by molar-refractivity contribution is 5.95. The topological polar surface area (TPSA) is 34.0 Å². The van der Waals surface area contributed by atoms with Crippen molar-refractivity contribution < 1.29 is 9.18 Å². The Hall–Kier alpha value is -2.88. The maximum absolute atomic E-state index is 13.1. The number of carbonyl (C=O) groups is 1. The highest BCUT2D eigenvalue weighted by Crippen LogP contribution is 2.24. The second-order valence-corrected chi connectivity index (χ2v) is 7.27. The van der Waals surface area contributed by atoms with E-state index in [1.807, 2.05) is 6.92 Å². The Labute approximate surface area is 166 Å². The summed E-state index contributed by atoms with van der Waals surface area (Å²) < 4.78 is 15.2. The lowest BCUT2D eigenvalue weighted by Crippen LogP contribution is -2.26. The molecule has 3 rings (SSSR count). The first kappa shape index (κ1) is 19.9. The summed E-state index contributed by atoms with van der Waals surface area (Å²) in [4.78, 5) is 13.0. The van der Waals surface area contributed by atoms with E-state index in [1.54, 1.807) is 12.1 Å². The minimum absolute atomic E-state index is 0.100. The molecule has 2 aromatic carbocycles. The molecule has 0 saturated carbocycles. The lowest BCUT2D eigenvalue weighted by Gasteiger charge is -2.13. The normalized spacial score (nSPS) is 10.9. The minimum atomic E-state index is -0.277. The van der Waals surface area contributed by atoms with Gasteiger partial charge in [0.15, 0.2) is 0 Å². The molecule has 0 unspecified atom stereocenters. The maximum atomic E-state index is 13.1. The molecule has 0 saturated heterocycles. The standard InChI is InChI=1S/C24H27FN2O/c1-5-22-17(3)23(24(28)26-14-19-10-12-21(25)13-11-19)27(18(22)4)15-20-8-6-16(2)7-9-20/h6-13H,5,14-15H2,1-4H3,(H,26,28). The predicted octanol–water partition coefficient (Wildman–Crippen LogP) is 5.09. The summed E-state index contributed by atoms with van der Waals surface area (Å²) >= 11 is 0. The molecule has 28 heavy (non-hydrogen) atoms. The third kappa shape index (κ3) is 4.16. The number of aromatic nitrogens is 1. The first-order chi connectivity index (χ1) is 13.4. The van der Waals surface area contributed by atoms with Gasteiger partial charge in [-0.1, -0.05) is 48.9 Å². The average molecular weight is 378 g/mol. The second kappa shape index (κ2) is 8.42. The molecule has 1 heterocycles. The number of hydrogen-bond acceptors (Lipinski definition) is 1. The molecule has 0 spiro atoms. The van der Waals surface area contributed by atoms with Crippen molar-refractivity contribution >= 4 is 5.91 Å². The summed E-state index contributed by atoms with van der Waals surface area (Å²) in [6.07, 6.45) is 0.886. The Balaban J connectivity index is 1.88. The van der Waals surface area contributed by atoms with E-state index in [9.17, 15) is 9.18 Å². The number of amides is 1. The maximum Gasteiger partial charge on any atom is 0.268 e. The van der Waals surface area contributed by atoms with Crippen molar-refractivity contribution in [2.24, 2.45) is 0 Å². The first-order valence-corrected chi connectivity index (χ1v) is 9.67. The van der Waals surface area contributed by atoms with Crippen LogP contribution >= 0.6 is 0 Å². The van der Waals surface area contributed by atoms with Crippen molar-refractivity contribution in [1.29, 1.82) is 0 Å². The molecule has 1 amide bonds. The smallest absolute Gasteiger partial charge is 0.268 e. The van der Waals surface area contributed by atoms with Crippen LogP contribution in [0.1, 0.15) is 50.9 Å². The SMILES string of the molecule is CCc1c(C)c(C(=O)NCc2ccc(F)cc2)n(Cc2ccc(C)cc2)c1C. The molecule has 1 N–H and O–H groups in total. The van der Waals surface area contributed by atoms with Crippen LogP contribution in [0.3, 0.4) is 0 Å². The number of aryl methyl sites for hydroxylation is 1. The number of nitrogens with one attached hydrogen (secondary N) is 1. The molecule has 0 aliphatic rings. The van der Waals surface area contributed by atoms with E-state index in [1.165, 1.54) is 28.8 Å². The lowest BCUT2D eigenvalue weighted by molar-refractivity contribution is 0.0941. The van der Waals surface area contributed by atoms with Crippen molar-refractivity contribution in [3.63, 3.8) is 0 Å². The van der Waals surface area contributed by atoms with Crippen LogP contribution in [0.15, 0.2) is 48.5 Å². The molecular formula is C24H27FN2O. The lowest BCUT2D eigenvalue weighted by atomic mass is 10.1. The minimum Gasteiger partial charge on any atom is -0.347 e. The number of halogens is 1.